The molecule has 2 heterocycles. The van der Waals surface area contributed by atoms with Gasteiger partial charge in [-0.2, -0.15) is 0 Å². The second-order valence-corrected chi connectivity index (χ2v) is 5.82. The molecule has 1 saturated heterocycles. The monoisotopic (exact) mass is 315 g/mol. The molecule has 1 aromatic carbocycles. The maximum Gasteiger partial charge on any atom is 0.270 e. The molecule has 0 atom stereocenters. The number of carbonyl (C=O) groups is 1. The molecule has 1 aliphatic rings. The van der Waals surface area contributed by atoms with Gasteiger partial charge in [-0.3, -0.25) is 4.79 Å². The lowest BCUT2D eigenvalue weighted by atomic mass is 10.2. The third kappa shape index (κ3) is 3.57. The first kappa shape index (κ1) is 14.9. The second kappa shape index (κ2) is 6.79. The summed E-state index contributed by atoms with van der Waals surface area (Å²) >= 11 is 5.85. The number of rotatable bonds is 4. The number of benzene rings is 1. The first-order valence-corrected chi connectivity index (χ1v) is 7.85. The van der Waals surface area contributed by atoms with Crippen LogP contribution in [-0.2, 0) is 6.54 Å². The average molecular weight is 316 g/mol. The number of amides is 1. The maximum absolute atomic E-state index is 12.2. The lowest BCUT2D eigenvalue weighted by Crippen LogP contribution is -2.25. The van der Waals surface area contributed by atoms with Crippen molar-refractivity contribution in [2.24, 2.45) is 0 Å². The second-order valence-electron chi connectivity index (χ2n) is 5.38. The number of anilines is 1. The molecule has 1 aromatic heterocycles. The number of halogens is 1. The Hall–Kier alpha value is -2.07. The molecule has 1 N–H and O–H groups in total. The van der Waals surface area contributed by atoms with Gasteiger partial charge >= 0.3 is 0 Å². The molecule has 1 amide bonds. The number of carbonyl (C=O) groups excluding carboxylic acids is 1. The molecule has 0 unspecified atom stereocenters. The maximum atomic E-state index is 12.2. The molecule has 0 radical (unpaired) electrons. The lowest BCUT2D eigenvalue weighted by molar-refractivity contribution is 0.0946. The molecule has 3 rings (SSSR count). The fraction of sp³-hybridized carbons (Fsp3) is 0.294. The van der Waals surface area contributed by atoms with Crippen LogP contribution in [0.4, 0.5) is 5.82 Å². The van der Waals surface area contributed by atoms with Gasteiger partial charge in [0, 0.05) is 24.7 Å². The highest BCUT2D eigenvalue weighted by molar-refractivity contribution is 6.30. The predicted octanol–water partition coefficient (Wildman–Crippen LogP) is 3.27. The zero-order valence-corrected chi connectivity index (χ0v) is 13.0. The molecule has 2 aromatic rings. The van der Waals surface area contributed by atoms with Crippen molar-refractivity contribution in [3.05, 3.63) is 58.7 Å². The fourth-order valence-corrected chi connectivity index (χ4v) is 2.67. The van der Waals surface area contributed by atoms with Crippen LogP contribution in [0.1, 0.15) is 28.9 Å². The Morgan fingerprint density at radius 1 is 1.14 bits per heavy atom. The Morgan fingerprint density at radius 2 is 1.86 bits per heavy atom. The SMILES string of the molecule is O=C(NCc1ccc(Cl)cc1)c1cccc(N2CCCC2)n1. The van der Waals surface area contributed by atoms with Crippen molar-refractivity contribution in [3.63, 3.8) is 0 Å². The number of nitrogens with zero attached hydrogens (tertiary/aromatic N) is 2. The van der Waals surface area contributed by atoms with Crippen molar-refractivity contribution < 1.29 is 4.79 Å². The van der Waals surface area contributed by atoms with Crippen LogP contribution >= 0.6 is 11.6 Å². The van der Waals surface area contributed by atoms with Gasteiger partial charge in [0.25, 0.3) is 5.91 Å². The Morgan fingerprint density at radius 3 is 2.59 bits per heavy atom. The van der Waals surface area contributed by atoms with Crippen LogP contribution in [0.5, 0.6) is 0 Å². The number of nitrogens with one attached hydrogen (secondary N) is 1. The molecule has 0 bridgehead atoms. The van der Waals surface area contributed by atoms with Crippen molar-refractivity contribution in [2.45, 2.75) is 19.4 Å². The zero-order chi connectivity index (χ0) is 15.4. The van der Waals surface area contributed by atoms with Gasteiger partial charge in [0.2, 0.25) is 0 Å². The van der Waals surface area contributed by atoms with Crippen LogP contribution in [0.2, 0.25) is 5.02 Å². The van der Waals surface area contributed by atoms with Crippen LogP contribution in [0.25, 0.3) is 0 Å². The van der Waals surface area contributed by atoms with Gasteiger partial charge in [0.05, 0.1) is 0 Å². The number of hydrogen-bond acceptors (Lipinski definition) is 3. The van der Waals surface area contributed by atoms with Crippen LogP contribution in [-0.4, -0.2) is 24.0 Å². The first-order valence-electron chi connectivity index (χ1n) is 7.47. The minimum absolute atomic E-state index is 0.156. The first-order chi connectivity index (χ1) is 10.7. The van der Waals surface area contributed by atoms with E-state index in [9.17, 15) is 4.79 Å². The van der Waals surface area contributed by atoms with Gasteiger partial charge in [-0.15, -0.1) is 0 Å². The third-order valence-electron chi connectivity index (χ3n) is 3.76. The highest BCUT2D eigenvalue weighted by atomic mass is 35.5. The van der Waals surface area contributed by atoms with E-state index >= 15 is 0 Å². The fourth-order valence-electron chi connectivity index (χ4n) is 2.55. The molecule has 0 aliphatic carbocycles. The van der Waals surface area contributed by atoms with Crippen molar-refractivity contribution in [1.29, 1.82) is 0 Å². The van der Waals surface area contributed by atoms with E-state index in [1.165, 1.54) is 12.8 Å². The molecule has 0 spiro atoms. The Bertz CT molecular complexity index is 651. The van der Waals surface area contributed by atoms with Crippen molar-refractivity contribution in [2.75, 3.05) is 18.0 Å². The summed E-state index contributed by atoms with van der Waals surface area (Å²) in [7, 11) is 0. The highest BCUT2D eigenvalue weighted by Gasteiger charge is 2.15. The van der Waals surface area contributed by atoms with E-state index in [1.807, 2.05) is 36.4 Å². The Balaban J connectivity index is 1.64. The Labute approximate surface area is 135 Å². The van der Waals surface area contributed by atoms with Crippen LogP contribution in [0.3, 0.4) is 0 Å². The summed E-state index contributed by atoms with van der Waals surface area (Å²) in [6.07, 6.45) is 2.38. The van der Waals surface area contributed by atoms with Gasteiger partial charge in [0.1, 0.15) is 11.5 Å². The molecule has 0 saturated carbocycles. The van der Waals surface area contributed by atoms with E-state index in [2.05, 4.69) is 15.2 Å². The molecule has 22 heavy (non-hydrogen) atoms. The van der Waals surface area contributed by atoms with Crippen LogP contribution in [0.15, 0.2) is 42.5 Å². The molecule has 1 aliphatic heterocycles. The average Bonchev–Trinajstić information content (AvgIpc) is 3.09. The topological polar surface area (TPSA) is 45.2 Å². The summed E-state index contributed by atoms with van der Waals surface area (Å²) in [5.74, 6) is 0.729. The molecule has 4 nitrogen and oxygen atoms in total. The quantitative estimate of drug-likeness (QED) is 0.942. The van der Waals surface area contributed by atoms with Crippen molar-refractivity contribution in [3.8, 4) is 0 Å². The zero-order valence-electron chi connectivity index (χ0n) is 12.3. The summed E-state index contributed by atoms with van der Waals surface area (Å²) in [4.78, 5) is 18.9. The lowest BCUT2D eigenvalue weighted by Gasteiger charge is -2.16. The van der Waals surface area contributed by atoms with Gasteiger partial charge < -0.3 is 10.2 Å². The molecule has 1 fully saturated rings. The van der Waals surface area contributed by atoms with E-state index in [-0.39, 0.29) is 5.91 Å². The van der Waals surface area contributed by atoms with E-state index in [0.717, 1.165) is 24.5 Å². The summed E-state index contributed by atoms with van der Waals surface area (Å²) < 4.78 is 0. The minimum Gasteiger partial charge on any atom is -0.357 e. The third-order valence-corrected chi connectivity index (χ3v) is 4.02. The number of aromatic nitrogens is 1. The molecule has 114 valence electrons. The van der Waals surface area contributed by atoms with Crippen molar-refractivity contribution in [1.82, 2.24) is 10.3 Å². The van der Waals surface area contributed by atoms with Gasteiger partial charge in [-0.05, 0) is 42.7 Å². The van der Waals surface area contributed by atoms with Crippen LogP contribution in [0, 0.1) is 0 Å². The summed E-state index contributed by atoms with van der Waals surface area (Å²) in [5, 5.41) is 3.58. The summed E-state index contributed by atoms with van der Waals surface area (Å²) in [6.45, 7) is 2.50. The van der Waals surface area contributed by atoms with Crippen molar-refractivity contribution >= 4 is 23.3 Å². The summed E-state index contributed by atoms with van der Waals surface area (Å²) in [5.41, 5.74) is 1.46. The van der Waals surface area contributed by atoms with E-state index < -0.39 is 0 Å². The van der Waals surface area contributed by atoms with E-state index in [1.54, 1.807) is 6.07 Å². The standard InChI is InChI=1S/C17H18ClN3O/c18-14-8-6-13(7-9-14)12-19-17(22)15-4-3-5-16(20-15)21-10-1-2-11-21/h3-9H,1-2,10-12H2,(H,19,22). The molecular formula is C17H18ClN3O. The molecule has 5 heteroatoms. The van der Waals surface area contributed by atoms with E-state index in [0.29, 0.717) is 17.3 Å². The predicted molar refractivity (Wildman–Crippen MR) is 88.3 cm³/mol. The van der Waals surface area contributed by atoms with Gasteiger partial charge in [-0.25, -0.2) is 4.98 Å². The largest absolute Gasteiger partial charge is 0.357 e. The number of pyridine rings is 1. The van der Waals surface area contributed by atoms with Gasteiger partial charge in [0.15, 0.2) is 0 Å². The Kier molecular flexibility index (Phi) is 4.59. The molecular weight excluding hydrogens is 298 g/mol. The number of hydrogen-bond donors (Lipinski definition) is 1. The normalized spacial score (nSPS) is 14.1. The summed E-state index contributed by atoms with van der Waals surface area (Å²) in [6, 6.07) is 13.0. The van der Waals surface area contributed by atoms with Crippen LogP contribution < -0.4 is 10.2 Å². The van der Waals surface area contributed by atoms with E-state index in [4.69, 9.17) is 11.6 Å². The van der Waals surface area contributed by atoms with Gasteiger partial charge in [-0.1, -0.05) is 29.8 Å². The smallest absolute Gasteiger partial charge is 0.270 e. The minimum atomic E-state index is -0.156. The highest BCUT2D eigenvalue weighted by Crippen LogP contribution is 2.17.